The number of anilines is 2. The lowest BCUT2D eigenvalue weighted by atomic mass is 10.1. The lowest BCUT2D eigenvalue weighted by Gasteiger charge is -2.13. The molecule has 0 aliphatic carbocycles. The first-order valence-electron chi connectivity index (χ1n) is 6.47. The van der Waals surface area contributed by atoms with E-state index in [0.717, 1.165) is 6.07 Å². The summed E-state index contributed by atoms with van der Waals surface area (Å²) in [6, 6.07) is 8.56. The Morgan fingerprint density at radius 3 is 2.39 bits per heavy atom. The third-order valence-corrected chi connectivity index (χ3v) is 3.12. The van der Waals surface area contributed by atoms with Crippen LogP contribution in [-0.4, -0.2) is 30.2 Å². The van der Waals surface area contributed by atoms with Gasteiger partial charge >= 0.3 is 5.97 Å². The summed E-state index contributed by atoms with van der Waals surface area (Å²) >= 11 is 0. The van der Waals surface area contributed by atoms with Crippen molar-refractivity contribution in [3.05, 3.63) is 52.1 Å². The number of nitro groups is 1. The van der Waals surface area contributed by atoms with Crippen LogP contribution in [0.15, 0.2) is 36.4 Å². The van der Waals surface area contributed by atoms with Crippen LogP contribution in [0.5, 0.6) is 11.5 Å². The molecule has 0 bridgehead atoms. The molecule has 120 valence electrons. The standard InChI is InChI=1S/C15H14N2O6/c1-22-10-4-6-12(14(8-10)23-2)16-11-5-3-9(15(18)19)7-13(11)17(20)21/h3-8,16H,1-2H3,(H,18,19). The first-order valence-corrected chi connectivity index (χ1v) is 6.47. The predicted molar refractivity (Wildman–Crippen MR) is 82.9 cm³/mol. The smallest absolute Gasteiger partial charge is 0.335 e. The van der Waals surface area contributed by atoms with E-state index in [9.17, 15) is 14.9 Å². The van der Waals surface area contributed by atoms with Crippen molar-refractivity contribution in [2.75, 3.05) is 19.5 Å². The topological polar surface area (TPSA) is 111 Å². The van der Waals surface area contributed by atoms with Gasteiger partial charge in [-0.1, -0.05) is 0 Å². The van der Waals surface area contributed by atoms with Gasteiger partial charge in [-0.25, -0.2) is 4.79 Å². The van der Waals surface area contributed by atoms with Gasteiger partial charge in [-0.15, -0.1) is 0 Å². The van der Waals surface area contributed by atoms with Crippen LogP contribution >= 0.6 is 0 Å². The first-order chi connectivity index (χ1) is 11.0. The molecular weight excluding hydrogens is 304 g/mol. The van der Waals surface area contributed by atoms with E-state index in [0.29, 0.717) is 17.2 Å². The zero-order chi connectivity index (χ0) is 17.0. The number of nitrogens with one attached hydrogen (secondary N) is 1. The average Bonchev–Trinajstić information content (AvgIpc) is 2.55. The quantitative estimate of drug-likeness (QED) is 0.622. The fourth-order valence-corrected chi connectivity index (χ4v) is 1.97. The summed E-state index contributed by atoms with van der Waals surface area (Å²) in [5.41, 5.74) is 0.134. The second kappa shape index (κ2) is 6.65. The largest absolute Gasteiger partial charge is 0.497 e. The van der Waals surface area contributed by atoms with Crippen molar-refractivity contribution in [1.29, 1.82) is 0 Å². The molecule has 0 unspecified atom stereocenters. The number of hydrogen-bond donors (Lipinski definition) is 2. The van der Waals surface area contributed by atoms with Crippen molar-refractivity contribution in [3.8, 4) is 11.5 Å². The van der Waals surface area contributed by atoms with Gasteiger partial charge in [0, 0.05) is 12.1 Å². The Morgan fingerprint density at radius 2 is 1.83 bits per heavy atom. The zero-order valence-electron chi connectivity index (χ0n) is 12.4. The molecule has 2 rings (SSSR count). The third-order valence-electron chi connectivity index (χ3n) is 3.12. The Morgan fingerprint density at radius 1 is 1.13 bits per heavy atom. The molecule has 0 heterocycles. The van der Waals surface area contributed by atoms with Crippen molar-refractivity contribution in [2.45, 2.75) is 0 Å². The van der Waals surface area contributed by atoms with Gasteiger partial charge in [-0.3, -0.25) is 10.1 Å². The maximum atomic E-state index is 11.2. The lowest BCUT2D eigenvalue weighted by Crippen LogP contribution is -2.02. The van der Waals surface area contributed by atoms with E-state index in [2.05, 4.69) is 5.32 Å². The molecule has 23 heavy (non-hydrogen) atoms. The highest BCUT2D eigenvalue weighted by molar-refractivity contribution is 5.90. The highest BCUT2D eigenvalue weighted by Gasteiger charge is 2.18. The normalized spacial score (nSPS) is 10.0. The molecule has 8 nitrogen and oxygen atoms in total. The summed E-state index contributed by atoms with van der Waals surface area (Å²) in [5, 5.41) is 23.0. The van der Waals surface area contributed by atoms with Gasteiger partial charge in [0.15, 0.2) is 0 Å². The molecule has 0 aliphatic heterocycles. The number of carboxylic acid groups (broad SMARTS) is 1. The Labute approximate surface area is 131 Å². The number of rotatable bonds is 6. The highest BCUT2D eigenvalue weighted by atomic mass is 16.6. The fraction of sp³-hybridized carbons (Fsp3) is 0.133. The van der Waals surface area contributed by atoms with Gasteiger partial charge in [0.05, 0.1) is 30.4 Å². The SMILES string of the molecule is COc1ccc(Nc2ccc(C(=O)O)cc2[N+](=O)[O-])c(OC)c1. The van der Waals surface area contributed by atoms with Gasteiger partial charge in [0.2, 0.25) is 0 Å². The van der Waals surface area contributed by atoms with E-state index in [1.165, 1.54) is 26.4 Å². The van der Waals surface area contributed by atoms with Crippen molar-refractivity contribution >= 4 is 23.0 Å². The fourth-order valence-electron chi connectivity index (χ4n) is 1.97. The molecule has 0 radical (unpaired) electrons. The number of carbonyl (C=O) groups is 1. The van der Waals surface area contributed by atoms with Gasteiger partial charge in [0.25, 0.3) is 5.69 Å². The highest BCUT2D eigenvalue weighted by Crippen LogP contribution is 2.35. The number of nitrogens with zero attached hydrogens (tertiary/aromatic N) is 1. The summed E-state index contributed by atoms with van der Waals surface area (Å²) in [4.78, 5) is 21.5. The molecule has 0 aliphatic rings. The maximum absolute atomic E-state index is 11.2. The monoisotopic (exact) mass is 318 g/mol. The molecule has 0 saturated heterocycles. The number of aromatic carboxylic acids is 1. The van der Waals surface area contributed by atoms with Crippen molar-refractivity contribution < 1.29 is 24.3 Å². The Kier molecular flexibility index (Phi) is 4.65. The van der Waals surface area contributed by atoms with Crippen LogP contribution in [0.3, 0.4) is 0 Å². The molecular formula is C15H14N2O6. The molecule has 0 aromatic heterocycles. The summed E-state index contributed by atoms with van der Waals surface area (Å²) in [5.74, 6) is -0.231. The van der Waals surface area contributed by atoms with Gasteiger partial charge < -0.3 is 19.9 Å². The predicted octanol–water partition coefficient (Wildman–Crippen LogP) is 3.05. The lowest BCUT2D eigenvalue weighted by molar-refractivity contribution is -0.383. The van der Waals surface area contributed by atoms with E-state index >= 15 is 0 Å². The van der Waals surface area contributed by atoms with Crippen LogP contribution in [0.25, 0.3) is 0 Å². The number of methoxy groups -OCH3 is 2. The molecule has 0 amide bonds. The van der Waals surface area contributed by atoms with Crippen molar-refractivity contribution in [3.63, 3.8) is 0 Å². The van der Waals surface area contributed by atoms with E-state index in [-0.39, 0.29) is 16.9 Å². The number of benzene rings is 2. The molecule has 2 aromatic carbocycles. The summed E-state index contributed by atoms with van der Waals surface area (Å²) in [6.45, 7) is 0. The van der Waals surface area contributed by atoms with E-state index in [1.807, 2.05) is 0 Å². The molecule has 2 aromatic rings. The van der Waals surface area contributed by atoms with Crippen LogP contribution in [0.2, 0.25) is 0 Å². The van der Waals surface area contributed by atoms with Crippen LogP contribution in [0.1, 0.15) is 10.4 Å². The van der Waals surface area contributed by atoms with E-state index in [1.54, 1.807) is 18.2 Å². The van der Waals surface area contributed by atoms with Crippen molar-refractivity contribution in [2.24, 2.45) is 0 Å². The minimum atomic E-state index is -1.23. The van der Waals surface area contributed by atoms with E-state index < -0.39 is 10.9 Å². The third kappa shape index (κ3) is 3.49. The molecule has 8 heteroatoms. The van der Waals surface area contributed by atoms with Crippen molar-refractivity contribution in [1.82, 2.24) is 0 Å². The van der Waals surface area contributed by atoms with Gasteiger partial charge in [0.1, 0.15) is 17.2 Å². The van der Waals surface area contributed by atoms with Crippen LogP contribution < -0.4 is 14.8 Å². The number of nitro benzene ring substituents is 1. The number of hydrogen-bond acceptors (Lipinski definition) is 6. The number of carboxylic acids is 1. The van der Waals surface area contributed by atoms with Crippen LogP contribution in [-0.2, 0) is 0 Å². The summed E-state index contributed by atoms with van der Waals surface area (Å²) in [6.07, 6.45) is 0. The minimum absolute atomic E-state index is 0.156. The van der Waals surface area contributed by atoms with Crippen LogP contribution in [0, 0.1) is 10.1 Å². The van der Waals surface area contributed by atoms with Gasteiger partial charge in [-0.2, -0.15) is 0 Å². The molecule has 0 spiro atoms. The number of ether oxygens (including phenoxy) is 2. The molecule has 0 fully saturated rings. The average molecular weight is 318 g/mol. The molecule has 0 saturated carbocycles. The first kappa shape index (κ1) is 16.1. The summed E-state index contributed by atoms with van der Waals surface area (Å²) < 4.78 is 10.3. The molecule has 2 N–H and O–H groups in total. The Bertz CT molecular complexity index is 760. The minimum Gasteiger partial charge on any atom is -0.497 e. The van der Waals surface area contributed by atoms with Crippen LogP contribution in [0.4, 0.5) is 17.1 Å². The maximum Gasteiger partial charge on any atom is 0.335 e. The zero-order valence-corrected chi connectivity index (χ0v) is 12.4. The second-order valence-electron chi connectivity index (χ2n) is 4.49. The summed E-state index contributed by atoms with van der Waals surface area (Å²) in [7, 11) is 2.97. The Hall–Kier alpha value is -3.29. The van der Waals surface area contributed by atoms with E-state index in [4.69, 9.17) is 14.6 Å². The molecule has 0 atom stereocenters. The Balaban J connectivity index is 2.44. The van der Waals surface area contributed by atoms with Gasteiger partial charge in [-0.05, 0) is 24.3 Å². The second-order valence-corrected chi connectivity index (χ2v) is 4.49.